The molecule has 0 fully saturated rings. The van der Waals surface area contributed by atoms with E-state index in [9.17, 15) is 4.79 Å². The van der Waals surface area contributed by atoms with Crippen molar-refractivity contribution in [2.24, 2.45) is 5.16 Å². The third-order valence-electron chi connectivity index (χ3n) is 0.973. The molecule has 0 aliphatic rings. The lowest BCUT2D eigenvalue weighted by atomic mass is 10.5. The second kappa shape index (κ2) is 6.64. The summed E-state index contributed by atoms with van der Waals surface area (Å²) < 4.78 is 4.74. The highest BCUT2D eigenvalue weighted by Gasteiger charge is 1.96. The summed E-state index contributed by atoms with van der Waals surface area (Å²) in [6, 6.07) is 0. The van der Waals surface area contributed by atoms with Crippen molar-refractivity contribution in [3.05, 3.63) is 0 Å². The van der Waals surface area contributed by atoms with Gasteiger partial charge in [-0.3, -0.25) is 4.79 Å². The molecule has 4 nitrogen and oxygen atoms in total. The summed E-state index contributed by atoms with van der Waals surface area (Å²) >= 11 is 0. The molecule has 0 saturated carbocycles. The molecule has 4 heteroatoms. The molecule has 0 amide bonds. The van der Waals surface area contributed by atoms with E-state index in [0.717, 1.165) is 5.71 Å². The lowest BCUT2D eigenvalue weighted by Gasteiger charge is -2.01. The predicted octanol–water partition coefficient (Wildman–Crippen LogP) is 1.35. The second-order valence-electron chi connectivity index (χ2n) is 2.45. The van der Waals surface area contributed by atoms with Crippen LogP contribution in [0.2, 0.25) is 0 Å². The van der Waals surface area contributed by atoms with Gasteiger partial charge in [0.25, 0.3) is 0 Å². The molecule has 12 heavy (non-hydrogen) atoms. The molecule has 0 spiro atoms. The van der Waals surface area contributed by atoms with Gasteiger partial charge in [-0.1, -0.05) is 12.1 Å². The number of ether oxygens (including phenoxy) is 1. The fourth-order valence-electron chi connectivity index (χ4n) is 0.470. The number of carbonyl (C=O) groups excluding carboxylic acids is 1. The van der Waals surface area contributed by atoms with E-state index >= 15 is 0 Å². The van der Waals surface area contributed by atoms with Crippen LogP contribution < -0.4 is 0 Å². The van der Waals surface area contributed by atoms with Gasteiger partial charge in [0, 0.05) is 6.42 Å². The molecule has 0 atom stereocenters. The van der Waals surface area contributed by atoms with Gasteiger partial charge in [-0.05, 0) is 13.8 Å². The Morgan fingerprint density at radius 3 is 2.50 bits per heavy atom. The van der Waals surface area contributed by atoms with Crippen LogP contribution in [0.15, 0.2) is 5.16 Å². The molecule has 0 aliphatic heterocycles. The Balaban J connectivity index is 3.22. The van der Waals surface area contributed by atoms with Crippen LogP contribution in [0.25, 0.3) is 0 Å². The number of oxime groups is 1. The van der Waals surface area contributed by atoms with Crippen molar-refractivity contribution in [2.45, 2.75) is 27.2 Å². The number of hydrogen-bond acceptors (Lipinski definition) is 4. The third-order valence-corrected chi connectivity index (χ3v) is 0.973. The zero-order valence-electron chi connectivity index (χ0n) is 7.79. The first kappa shape index (κ1) is 10.9. The normalized spacial score (nSPS) is 8.92. The molecule has 0 radical (unpaired) electrons. The standard InChI is InChI=1S/C8H15NO3/c1-4-8(10)11-5-6-12-9-7(2)3/h4-6H2,1-3H3. The minimum atomic E-state index is -0.212. The van der Waals surface area contributed by atoms with Gasteiger partial charge >= 0.3 is 5.97 Å². The summed E-state index contributed by atoms with van der Waals surface area (Å²) in [6.07, 6.45) is 0.399. The zero-order chi connectivity index (χ0) is 9.40. The maximum absolute atomic E-state index is 10.6. The maximum atomic E-state index is 10.6. The lowest BCUT2D eigenvalue weighted by Crippen LogP contribution is -2.08. The van der Waals surface area contributed by atoms with Crippen LogP contribution in [0.3, 0.4) is 0 Å². The number of hydrogen-bond donors (Lipinski definition) is 0. The molecule has 0 rings (SSSR count). The van der Waals surface area contributed by atoms with E-state index in [4.69, 9.17) is 9.57 Å². The maximum Gasteiger partial charge on any atom is 0.305 e. The average Bonchev–Trinajstić information content (AvgIpc) is 2.03. The number of rotatable bonds is 5. The van der Waals surface area contributed by atoms with Crippen molar-refractivity contribution < 1.29 is 14.4 Å². The van der Waals surface area contributed by atoms with E-state index in [2.05, 4.69) is 5.16 Å². The van der Waals surface area contributed by atoms with Gasteiger partial charge in [0.1, 0.15) is 6.61 Å². The number of carbonyl (C=O) groups is 1. The summed E-state index contributed by atoms with van der Waals surface area (Å²) in [7, 11) is 0. The Bertz CT molecular complexity index is 162. The van der Waals surface area contributed by atoms with Gasteiger partial charge in [0.2, 0.25) is 0 Å². The molecule has 70 valence electrons. The molecule has 0 aliphatic carbocycles. The molecular weight excluding hydrogens is 158 g/mol. The van der Waals surface area contributed by atoms with Gasteiger partial charge in [-0.25, -0.2) is 0 Å². The van der Waals surface area contributed by atoms with E-state index in [1.54, 1.807) is 6.92 Å². The quantitative estimate of drug-likeness (QED) is 0.273. The first-order chi connectivity index (χ1) is 5.66. The second-order valence-corrected chi connectivity index (χ2v) is 2.45. The molecule has 0 unspecified atom stereocenters. The van der Waals surface area contributed by atoms with Crippen molar-refractivity contribution in [1.82, 2.24) is 0 Å². The molecule has 0 aromatic rings. The van der Waals surface area contributed by atoms with Crippen molar-refractivity contribution in [1.29, 1.82) is 0 Å². The molecule has 0 saturated heterocycles. The van der Waals surface area contributed by atoms with Crippen LogP contribution in [0.4, 0.5) is 0 Å². The SMILES string of the molecule is CCC(=O)OCCON=C(C)C. The van der Waals surface area contributed by atoms with Gasteiger partial charge in [-0.15, -0.1) is 0 Å². The average molecular weight is 173 g/mol. The summed E-state index contributed by atoms with van der Waals surface area (Å²) in [5.41, 5.74) is 0.844. The molecule has 0 heterocycles. The van der Waals surface area contributed by atoms with Crippen molar-refractivity contribution >= 4 is 11.7 Å². The monoisotopic (exact) mass is 173 g/mol. The number of esters is 1. The highest BCUT2D eigenvalue weighted by Crippen LogP contribution is 1.85. The largest absolute Gasteiger partial charge is 0.462 e. The summed E-state index contributed by atoms with van der Waals surface area (Å²) in [5.74, 6) is -0.212. The van der Waals surface area contributed by atoms with Crippen LogP contribution in [0, 0.1) is 0 Å². The van der Waals surface area contributed by atoms with Crippen molar-refractivity contribution in [3.63, 3.8) is 0 Å². The van der Waals surface area contributed by atoms with Gasteiger partial charge in [0.15, 0.2) is 6.61 Å². The molecular formula is C8H15NO3. The fourth-order valence-corrected chi connectivity index (χ4v) is 0.470. The Labute approximate surface area is 72.5 Å². The first-order valence-electron chi connectivity index (χ1n) is 3.95. The predicted molar refractivity (Wildman–Crippen MR) is 46.0 cm³/mol. The van der Waals surface area contributed by atoms with E-state index < -0.39 is 0 Å². The minimum Gasteiger partial charge on any atom is -0.462 e. The smallest absolute Gasteiger partial charge is 0.305 e. The summed E-state index contributed by atoms with van der Waals surface area (Å²) in [4.78, 5) is 15.4. The molecule has 0 bridgehead atoms. The Morgan fingerprint density at radius 2 is 2.00 bits per heavy atom. The zero-order valence-corrected chi connectivity index (χ0v) is 7.79. The van der Waals surface area contributed by atoms with Crippen LogP contribution in [0.1, 0.15) is 27.2 Å². The van der Waals surface area contributed by atoms with Gasteiger partial charge in [-0.2, -0.15) is 0 Å². The van der Waals surface area contributed by atoms with E-state index in [1.807, 2.05) is 13.8 Å². The Kier molecular flexibility index (Phi) is 6.05. The highest BCUT2D eigenvalue weighted by molar-refractivity contribution is 5.78. The lowest BCUT2D eigenvalue weighted by molar-refractivity contribution is -0.144. The van der Waals surface area contributed by atoms with Crippen molar-refractivity contribution in [3.8, 4) is 0 Å². The van der Waals surface area contributed by atoms with E-state index in [0.29, 0.717) is 13.0 Å². The summed E-state index contributed by atoms with van der Waals surface area (Å²) in [5, 5.41) is 3.67. The third kappa shape index (κ3) is 7.05. The fraction of sp³-hybridized carbons (Fsp3) is 0.750. The van der Waals surface area contributed by atoms with Crippen LogP contribution in [-0.2, 0) is 14.4 Å². The minimum absolute atomic E-state index is 0.212. The topological polar surface area (TPSA) is 47.9 Å². The Morgan fingerprint density at radius 1 is 1.33 bits per heavy atom. The van der Waals surface area contributed by atoms with Crippen LogP contribution >= 0.6 is 0 Å². The van der Waals surface area contributed by atoms with Gasteiger partial charge < -0.3 is 9.57 Å². The van der Waals surface area contributed by atoms with Crippen molar-refractivity contribution in [2.75, 3.05) is 13.2 Å². The van der Waals surface area contributed by atoms with Crippen LogP contribution in [0.5, 0.6) is 0 Å². The molecule has 0 aromatic heterocycles. The highest BCUT2D eigenvalue weighted by atomic mass is 16.6. The van der Waals surface area contributed by atoms with Crippen LogP contribution in [-0.4, -0.2) is 24.9 Å². The van der Waals surface area contributed by atoms with Gasteiger partial charge in [0.05, 0.1) is 5.71 Å². The summed E-state index contributed by atoms with van der Waals surface area (Å²) in [6.45, 7) is 5.99. The molecule has 0 aromatic carbocycles. The first-order valence-corrected chi connectivity index (χ1v) is 3.95. The molecule has 0 N–H and O–H groups in total. The van der Waals surface area contributed by atoms with E-state index in [-0.39, 0.29) is 12.6 Å². The Hall–Kier alpha value is -1.06. The number of nitrogens with zero attached hydrogens (tertiary/aromatic N) is 1. The van der Waals surface area contributed by atoms with E-state index in [1.165, 1.54) is 0 Å².